The first-order valence-electron chi connectivity index (χ1n) is 64.0. The molecule has 0 aromatic carbocycles. The number of allylic oxidation sites excluding steroid dienone is 6. The molecule has 38 atom stereocenters. The van der Waals surface area contributed by atoms with Crippen LogP contribution in [-0.4, -0.2) is 101 Å². The number of Topliss-reactive ketones (excluding diaryl/α,β-unsaturated/α-hetero) is 3. The van der Waals surface area contributed by atoms with E-state index in [1.807, 2.05) is 6.08 Å². The number of hydrogen-bond donors (Lipinski definition) is 1. The van der Waals surface area contributed by atoms with E-state index < -0.39 is 41.6 Å². The molecule has 20 saturated carbocycles. The summed E-state index contributed by atoms with van der Waals surface area (Å²) in [5.41, 5.74) is 7.91. The lowest BCUT2D eigenvalue weighted by Crippen LogP contribution is -2.55. The molecule has 14 heteroatoms. The van der Waals surface area contributed by atoms with Crippen molar-refractivity contribution in [3.63, 3.8) is 0 Å². The summed E-state index contributed by atoms with van der Waals surface area (Å²) >= 11 is 0. The Labute approximate surface area is 923 Å². The van der Waals surface area contributed by atoms with E-state index in [1.54, 1.807) is 5.57 Å². The second-order valence-electron chi connectivity index (χ2n) is 66.9. The van der Waals surface area contributed by atoms with Gasteiger partial charge in [0, 0.05) is 61.1 Å². The van der Waals surface area contributed by atoms with Gasteiger partial charge in [0.05, 0.1) is 6.10 Å². The third kappa shape index (κ3) is 21.3. The quantitative estimate of drug-likeness (QED) is 0.116. The summed E-state index contributed by atoms with van der Waals surface area (Å²) in [6, 6.07) is 0. The lowest BCUT2D eigenvalue weighted by Gasteiger charge is -2.61. The fourth-order valence-corrected chi connectivity index (χ4v) is 48.1. The first-order chi connectivity index (χ1) is 68.7. The molecule has 850 valence electrons. The minimum absolute atomic E-state index is 0.0208. The van der Waals surface area contributed by atoms with Gasteiger partial charge in [-0.15, -0.1) is 6.58 Å². The first kappa shape index (κ1) is 120. The summed E-state index contributed by atoms with van der Waals surface area (Å²) in [7, 11) is -8.43. The maximum atomic E-state index is 13.2. The zero-order valence-corrected chi connectivity index (χ0v) is 110. The van der Waals surface area contributed by atoms with Gasteiger partial charge in [0.15, 0.2) is 47.4 Å². The smallest absolute Gasteiger partial charge is 0.192 e. The molecule has 0 saturated heterocycles. The third-order valence-electron chi connectivity index (χ3n) is 55.3. The molecule has 9 nitrogen and oxygen atoms in total. The van der Waals surface area contributed by atoms with Gasteiger partial charge >= 0.3 is 0 Å². The van der Waals surface area contributed by atoms with Crippen molar-refractivity contribution in [2.75, 3.05) is 0 Å². The Morgan fingerprint density at radius 1 is 0.309 bits per heavy atom. The highest BCUT2D eigenvalue weighted by Crippen LogP contribution is 2.75. The van der Waals surface area contributed by atoms with E-state index in [9.17, 15) is 19.5 Å². The van der Waals surface area contributed by atoms with Gasteiger partial charge in [-0.25, -0.2) is 0 Å². The Bertz CT molecular complexity index is 4840. The molecule has 20 fully saturated rings. The van der Waals surface area contributed by atoms with E-state index in [0.29, 0.717) is 130 Å². The van der Waals surface area contributed by atoms with Crippen molar-refractivity contribution >= 4 is 58.9 Å². The fraction of sp³-hybridized carbons (Fsp3) is 0.919. The Morgan fingerprint density at radius 3 is 0.919 bits per heavy atom. The normalized spacial score (nSPS) is 46.6. The minimum atomic E-state index is -1.71. The van der Waals surface area contributed by atoms with Crippen LogP contribution in [-0.2, 0) is 36.5 Å². The molecule has 0 amide bonds. The molecular formula is C135H236O9Si5. The van der Waals surface area contributed by atoms with Crippen molar-refractivity contribution in [2.45, 2.75) is 598 Å². The second-order valence-corrected chi connectivity index (χ2v) is 90.7. The van der Waals surface area contributed by atoms with Crippen LogP contribution in [0.4, 0.5) is 0 Å². The molecule has 0 aromatic rings. The molecule has 0 spiro atoms. The highest BCUT2D eigenvalue weighted by Gasteiger charge is 2.69. The van der Waals surface area contributed by atoms with E-state index >= 15 is 0 Å². The second kappa shape index (κ2) is 42.2. The van der Waals surface area contributed by atoms with Crippen LogP contribution in [0.1, 0.15) is 470 Å². The van der Waals surface area contributed by atoms with Crippen LogP contribution in [0.25, 0.3) is 0 Å². The van der Waals surface area contributed by atoms with Gasteiger partial charge < -0.3 is 27.2 Å². The first-order valence-corrected chi connectivity index (χ1v) is 78.5. The molecule has 20 aliphatic carbocycles. The van der Waals surface area contributed by atoms with Crippen molar-refractivity contribution < 1.29 is 41.6 Å². The number of rotatable bonds is 12. The largest absolute Gasteiger partial charge is 0.414 e. The average molecular weight is 2140 g/mol. The van der Waals surface area contributed by atoms with E-state index in [4.69, 9.17) is 22.1 Å². The van der Waals surface area contributed by atoms with Crippen molar-refractivity contribution in [1.29, 1.82) is 0 Å². The Balaban J connectivity index is 0.000000133. The molecular weight excluding hydrogens is 1910 g/mol. The predicted molar refractivity (Wildman–Crippen MR) is 640 cm³/mol. The Morgan fingerprint density at radius 2 is 0.597 bits per heavy atom. The Kier molecular flexibility index (Phi) is 34.1. The van der Waals surface area contributed by atoms with Crippen LogP contribution in [0.3, 0.4) is 0 Å². The van der Waals surface area contributed by atoms with Gasteiger partial charge in [0.1, 0.15) is 11.6 Å². The monoisotopic (exact) mass is 2140 g/mol. The van der Waals surface area contributed by atoms with Gasteiger partial charge in [0.25, 0.3) is 0 Å². The molecule has 1 N–H and O–H groups in total. The van der Waals surface area contributed by atoms with E-state index in [1.165, 1.54) is 243 Å². The number of carbonyl (C=O) groups excluding carboxylic acids is 3. The maximum absolute atomic E-state index is 13.2. The van der Waals surface area contributed by atoms with Crippen molar-refractivity contribution in [3.05, 3.63) is 47.6 Å². The van der Waals surface area contributed by atoms with Gasteiger partial charge in [-0.3, -0.25) is 14.4 Å². The summed E-state index contributed by atoms with van der Waals surface area (Å²) in [5, 5.41) is 12.3. The van der Waals surface area contributed by atoms with Crippen LogP contribution < -0.4 is 0 Å². The lowest BCUT2D eigenvalue weighted by molar-refractivity contribution is -0.141. The minimum Gasteiger partial charge on any atom is -0.414 e. The maximum Gasteiger partial charge on any atom is 0.192 e. The highest BCUT2D eigenvalue weighted by atomic mass is 28.4. The van der Waals surface area contributed by atoms with Crippen molar-refractivity contribution in [1.82, 2.24) is 0 Å². The van der Waals surface area contributed by atoms with Crippen molar-refractivity contribution in [3.8, 4) is 0 Å². The van der Waals surface area contributed by atoms with E-state index in [2.05, 4.69) is 291 Å². The number of hydrogen-bond acceptors (Lipinski definition) is 9. The molecule has 0 heterocycles. The summed E-state index contributed by atoms with van der Waals surface area (Å²) in [6.45, 7) is 97.9. The number of carbonyl (C=O) groups is 3. The molecule has 0 bridgehead atoms. The lowest BCUT2D eigenvalue weighted by atomic mass is 9.44. The molecule has 149 heavy (non-hydrogen) atoms. The summed E-state index contributed by atoms with van der Waals surface area (Å²) in [4.78, 5) is 38.6. The fourth-order valence-electron chi connectivity index (χ4n) is 41.1. The SMILES string of the molecule is C/C=C1/C(=O)C[C@H]2[C@@H]3CC[C@H]4C[C@@H](O[Si](C)(C)C(C)(C)C)CC[C@]4(C)[C@H]3CC[C@]12C.C/C=C1/CC[C@H]2[C@@H]3CC[C@H]4C[C@@H](O[Si](C)(C)C(C)(C)C)CC[C@]4(C)[C@H]3CC[C@]12C.C/C=C1/[C@H](O)C[C@H]2[C@@H]3CC[C@H]4C[C@@H](O[Si](C)(C)C(C)(C)C)CC[C@]4(C)[C@H]3CC[C@]12C.C=C[C@@H](C)[C@H]1C(=O)C[C@H]2[C@@H]3CC[C@H]4C[C@@H](O[Si](C)(C)C(C)(C)C)CC[C@]4(C)[C@H]3CC[C@]12C.CC(C)(C)[Si](C)(C)O[C@H]1CC[C@@]2(C)[C@@H](CC[C@@H]3[C@@H]2CC[C@]2(C)C(=O)CC[C@@H]32)C1. The van der Waals surface area contributed by atoms with Gasteiger partial charge in [-0.2, -0.15) is 0 Å². The standard InChI is InChI=1S/C29H50O2Si.C27H48O2Si.C27H46O2Si.C27H48OSi.C25H44O2Si/c1-10-19(2)26-25(30)18-24-22-12-11-20-17-21(31-32(8,9)27(3,4)5)13-15-28(20,6)23(22)14-16-29(24,26)7;2*1-9-21-24(28)17-23-20-11-10-18-16-19(29-30(7,8)25(2,3)4)12-14-26(18,5)22(20)13-15-27(21,23)6;1-9-19-11-13-23-22-12-10-20-18-21(28-29(7,8)25(2,3)4)14-16-27(20,6)24(22)15-17-26(19,23)5;1-23(2,3)28(6,7)27-18-12-14-24(4)17(16-18)8-9-19-20-10-11-22(26)25(20,5)15-13-21(19)24/h10,19-24,26H,1,11-18H2,2-9H3;9,18-20,22-24,28H,10-17H2,1-8H3;9,18-20,22-23H,10-17H2,1-8H3;9,20-24H,10-18H2,1-8H3;17-21H,8-16H2,1-7H3/b;2*21-9-;19-9-;/t19-,20+,21+,22-,23+,24+,26+,28+,29+;18-,19-,20+,22-,23-,24+,26-,27+;18-,19-,20+,22-,23-,26-,27+;20-,21-,22-,23-,24-,26+,27-;17-,18-,19-,20-,21-,24-,25-/m10000/s1. The molecule has 0 radical (unpaired) electrons. The third-order valence-corrected chi connectivity index (χ3v) is 78.0. The summed E-state index contributed by atoms with van der Waals surface area (Å²) < 4.78 is 34.5. The number of ketones is 3. The van der Waals surface area contributed by atoms with Crippen LogP contribution in [0, 0.1) is 184 Å². The van der Waals surface area contributed by atoms with E-state index in [0.717, 1.165) is 132 Å². The zero-order valence-electron chi connectivity index (χ0n) is 105. The van der Waals surface area contributed by atoms with Crippen LogP contribution in [0.5, 0.6) is 0 Å². The predicted octanol–water partition coefficient (Wildman–Crippen LogP) is 38.3. The highest BCUT2D eigenvalue weighted by molar-refractivity contribution is 6.75. The molecule has 0 unspecified atom stereocenters. The molecule has 0 aromatic heterocycles. The summed E-state index contributed by atoms with van der Waals surface area (Å²) in [6.07, 6.45) is 65.1. The van der Waals surface area contributed by atoms with Crippen LogP contribution in [0.2, 0.25) is 90.7 Å². The molecule has 0 aliphatic heterocycles. The van der Waals surface area contributed by atoms with Gasteiger partial charge in [-0.1, -0.05) is 210 Å². The van der Waals surface area contributed by atoms with Gasteiger partial charge in [0.2, 0.25) is 0 Å². The number of aliphatic hydroxyl groups excluding tert-OH is 1. The van der Waals surface area contributed by atoms with Crippen molar-refractivity contribution in [2.24, 2.45) is 184 Å². The molecule has 20 aliphatic rings. The van der Waals surface area contributed by atoms with Crippen LogP contribution in [0.15, 0.2) is 47.6 Å². The number of aliphatic hydroxyl groups is 1. The average Bonchev–Trinajstić information content (AvgIpc) is 1.14. The zero-order chi connectivity index (χ0) is 110. The summed E-state index contributed by atoms with van der Waals surface area (Å²) in [5.74, 6) is 18.2. The van der Waals surface area contributed by atoms with E-state index in [-0.39, 0.29) is 38.7 Å². The molecule has 20 rings (SSSR count). The van der Waals surface area contributed by atoms with Crippen LogP contribution >= 0.6 is 0 Å². The topological polar surface area (TPSA) is 118 Å². The Hall–Kier alpha value is -1.19. The van der Waals surface area contributed by atoms with Gasteiger partial charge in [-0.05, 0) is 546 Å². The number of fused-ring (bicyclic) bond motifs is 25.